The maximum Gasteiger partial charge on any atom is 0.238 e. The van der Waals surface area contributed by atoms with Crippen molar-refractivity contribution in [3.05, 3.63) is 60.2 Å². The number of rotatable bonds is 6. The summed E-state index contributed by atoms with van der Waals surface area (Å²) in [6, 6.07) is 15.8. The van der Waals surface area contributed by atoms with Crippen LogP contribution in [0.3, 0.4) is 0 Å². The minimum absolute atomic E-state index is 0.00344. The number of hydrogen-bond donors (Lipinski definition) is 1. The number of nitrogens with zero attached hydrogens (tertiary/aromatic N) is 2. The van der Waals surface area contributed by atoms with E-state index in [0.717, 1.165) is 44.2 Å². The molecule has 0 spiro atoms. The molecule has 2 aliphatic heterocycles. The topological polar surface area (TPSA) is 54.0 Å². The smallest absolute Gasteiger partial charge is 0.238 e. The first-order valence-corrected chi connectivity index (χ1v) is 9.62. The van der Waals surface area contributed by atoms with Gasteiger partial charge in [-0.25, -0.2) is 0 Å². The standard InChI is InChI=1S/C22H25N3O3/c26-22(23-19-8-9-20-21(15-19)28-17-27-20)16-25-13-11-24(12-14-25)10-4-7-18-5-2-1-3-6-18/h1-9,15H,10-14,16-17H2,(H,23,26)/b7-4+. The fourth-order valence-electron chi connectivity index (χ4n) is 3.41. The number of hydrogen-bond acceptors (Lipinski definition) is 5. The quantitative estimate of drug-likeness (QED) is 0.836. The van der Waals surface area contributed by atoms with Crippen LogP contribution in [0, 0.1) is 0 Å². The summed E-state index contributed by atoms with van der Waals surface area (Å²) in [6.07, 6.45) is 4.36. The first kappa shape index (κ1) is 18.5. The zero-order valence-corrected chi connectivity index (χ0v) is 15.8. The highest BCUT2D eigenvalue weighted by molar-refractivity contribution is 5.92. The highest BCUT2D eigenvalue weighted by atomic mass is 16.7. The van der Waals surface area contributed by atoms with Crippen LogP contribution in [-0.4, -0.2) is 61.8 Å². The molecular formula is C22H25N3O3. The molecule has 4 rings (SSSR count). The normalized spacial score (nSPS) is 17.1. The van der Waals surface area contributed by atoms with Gasteiger partial charge in [-0.1, -0.05) is 42.5 Å². The molecule has 0 radical (unpaired) electrons. The van der Waals surface area contributed by atoms with E-state index in [1.54, 1.807) is 6.07 Å². The largest absolute Gasteiger partial charge is 0.454 e. The molecule has 6 nitrogen and oxygen atoms in total. The molecule has 0 bridgehead atoms. The second kappa shape index (κ2) is 8.91. The zero-order chi connectivity index (χ0) is 19.2. The van der Waals surface area contributed by atoms with E-state index >= 15 is 0 Å². The van der Waals surface area contributed by atoms with Crippen LogP contribution in [-0.2, 0) is 4.79 Å². The molecule has 2 heterocycles. The van der Waals surface area contributed by atoms with Gasteiger partial charge in [0.2, 0.25) is 12.7 Å². The molecule has 0 saturated carbocycles. The van der Waals surface area contributed by atoms with Crippen LogP contribution in [0.2, 0.25) is 0 Å². The van der Waals surface area contributed by atoms with Crippen LogP contribution in [0.5, 0.6) is 11.5 Å². The molecule has 1 fully saturated rings. The van der Waals surface area contributed by atoms with Crippen molar-refractivity contribution < 1.29 is 14.3 Å². The lowest BCUT2D eigenvalue weighted by atomic mass is 10.2. The zero-order valence-electron chi connectivity index (χ0n) is 15.8. The third-order valence-electron chi connectivity index (χ3n) is 4.96. The molecule has 2 aromatic carbocycles. The SMILES string of the molecule is O=C(CN1CCN(C/C=C/c2ccccc2)CC1)Nc1ccc2c(c1)OCO2. The number of amides is 1. The van der Waals surface area contributed by atoms with E-state index in [1.165, 1.54) is 5.56 Å². The third kappa shape index (κ3) is 4.91. The molecule has 2 aromatic rings. The van der Waals surface area contributed by atoms with Gasteiger partial charge >= 0.3 is 0 Å². The van der Waals surface area contributed by atoms with Crippen LogP contribution < -0.4 is 14.8 Å². The Balaban J connectivity index is 1.19. The fourth-order valence-corrected chi connectivity index (χ4v) is 3.41. The van der Waals surface area contributed by atoms with Gasteiger partial charge in [-0.3, -0.25) is 14.6 Å². The van der Waals surface area contributed by atoms with E-state index in [4.69, 9.17) is 9.47 Å². The predicted octanol–water partition coefficient (Wildman–Crippen LogP) is 2.68. The molecule has 0 aliphatic carbocycles. The van der Waals surface area contributed by atoms with Gasteiger partial charge < -0.3 is 14.8 Å². The summed E-state index contributed by atoms with van der Waals surface area (Å²) in [4.78, 5) is 16.9. The predicted molar refractivity (Wildman–Crippen MR) is 110 cm³/mol. The van der Waals surface area contributed by atoms with E-state index in [1.807, 2.05) is 30.3 Å². The number of fused-ring (bicyclic) bond motifs is 1. The Morgan fingerprint density at radius 3 is 2.54 bits per heavy atom. The minimum atomic E-state index is -0.00344. The lowest BCUT2D eigenvalue weighted by Crippen LogP contribution is -2.48. The van der Waals surface area contributed by atoms with E-state index < -0.39 is 0 Å². The molecule has 0 atom stereocenters. The van der Waals surface area contributed by atoms with Crippen molar-refractivity contribution >= 4 is 17.7 Å². The van der Waals surface area contributed by atoms with Gasteiger partial charge in [0, 0.05) is 44.5 Å². The highest BCUT2D eigenvalue weighted by Crippen LogP contribution is 2.34. The first-order valence-electron chi connectivity index (χ1n) is 9.62. The summed E-state index contributed by atoms with van der Waals surface area (Å²) in [6.45, 7) is 5.31. The summed E-state index contributed by atoms with van der Waals surface area (Å²) in [5.74, 6) is 1.39. The number of carbonyl (C=O) groups excluding carboxylic acids is 1. The summed E-state index contributed by atoms with van der Waals surface area (Å²) in [7, 11) is 0. The van der Waals surface area contributed by atoms with Gasteiger partial charge in [0.15, 0.2) is 11.5 Å². The molecule has 0 unspecified atom stereocenters. The Kier molecular flexibility index (Phi) is 5.89. The van der Waals surface area contributed by atoms with E-state index in [-0.39, 0.29) is 12.7 Å². The average Bonchev–Trinajstić information content (AvgIpc) is 3.18. The van der Waals surface area contributed by atoms with Gasteiger partial charge in [0.1, 0.15) is 0 Å². The minimum Gasteiger partial charge on any atom is -0.454 e. The molecule has 28 heavy (non-hydrogen) atoms. The maximum atomic E-state index is 12.3. The van der Waals surface area contributed by atoms with Crippen LogP contribution in [0.4, 0.5) is 5.69 Å². The summed E-state index contributed by atoms with van der Waals surface area (Å²) < 4.78 is 10.6. The van der Waals surface area contributed by atoms with Crippen molar-refractivity contribution in [3.63, 3.8) is 0 Å². The molecule has 0 aromatic heterocycles. The number of piperazine rings is 1. The second-order valence-corrected chi connectivity index (χ2v) is 7.01. The van der Waals surface area contributed by atoms with Crippen LogP contribution in [0.25, 0.3) is 6.08 Å². The summed E-state index contributed by atoms with van der Waals surface area (Å²) in [5, 5.41) is 2.94. The van der Waals surface area contributed by atoms with Crippen molar-refractivity contribution in [1.29, 1.82) is 0 Å². The van der Waals surface area contributed by atoms with Crippen molar-refractivity contribution in [2.75, 3.05) is 51.4 Å². The van der Waals surface area contributed by atoms with Crippen molar-refractivity contribution in [2.24, 2.45) is 0 Å². The van der Waals surface area contributed by atoms with Crippen molar-refractivity contribution in [1.82, 2.24) is 9.80 Å². The number of benzene rings is 2. The lowest BCUT2D eigenvalue weighted by molar-refractivity contribution is -0.117. The Hall–Kier alpha value is -2.83. The number of anilines is 1. The van der Waals surface area contributed by atoms with E-state index in [2.05, 4.69) is 39.4 Å². The monoisotopic (exact) mass is 379 g/mol. The van der Waals surface area contributed by atoms with Crippen molar-refractivity contribution in [3.8, 4) is 11.5 Å². The molecule has 1 amide bonds. The maximum absolute atomic E-state index is 12.3. The van der Waals surface area contributed by atoms with Crippen molar-refractivity contribution in [2.45, 2.75) is 0 Å². The summed E-state index contributed by atoms with van der Waals surface area (Å²) in [5.41, 5.74) is 1.96. The van der Waals surface area contributed by atoms with Crippen LogP contribution in [0.15, 0.2) is 54.6 Å². The van der Waals surface area contributed by atoms with Gasteiger partial charge in [0.25, 0.3) is 0 Å². The molecule has 146 valence electrons. The van der Waals surface area contributed by atoms with Gasteiger partial charge in [-0.15, -0.1) is 0 Å². The third-order valence-corrected chi connectivity index (χ3v) is 4.96. The van der Waals surface area contributed by atoms with Gasteiger partial charge in [0.05, 0.1) is 6.54 Å². The number of nitrogens with one attached hydrogen (secondary N) is 1. The number of carbonyl (C=O) groups is 1. The Morgan fingerprint density at radius 2 is 1.71 bits per heavy atom. The van der Waals surface area contributed by atoms with Gasteiger partial charge in [-0.05, 0) is 17.7 Å². The Morgan fingerprint density at radius 1 is 0.964 bits per heavy atom. The molecule has 6 heteroatoms. The van der Waals surface area contributed by atoms with Crippen LogP contribution in [0.1, 0.15) is 5.56 Å². The lowest BCUT2D eigenvalue weighted by Gasteiger charge is -2.33. The van der Waals surface area contributed by atoms with E-state index in [9.17, 15) is 4.79 Å². The molecule has 1 N–H and O–H groups in total. The highest BCUT2D eigenvalue weighted by Gasteiger charge is 2.19. The second-order valence-electron chi connectivity index (χ2n) is 7.01. The van der Waals surface area contributed by atoms with E-state index in [0.29, 0.717) is 12.3 Å². The summed E-state index contributed by atoms with van der Waals surface area (Å²) >= 11 is 0. The molecule has 1 saturated heterocycles. The number of ether oxygens (including phenoxy) is 2. The Labute approximate surface area is 165 Å². The van der Waals surface area contributed by atoms with Gasteiger partial charge in [-0.2, -0.15) is 0 Å². The first-order chi connectivity index (χ1) is 13.8. The molecule has 2 aliphatic rings. The Bertz CT molecular complexity index is 830. The molecular weight excluding hydrogens is 354 g/mol. The van der Waals surface area contributed by atoms with Crippen LogP contribution >= 0.6 is 0 Å². The fraction of sp³-hybridized carbons (Fsp3) is 0.318. The average molecular weight is 379 g/mol.